The molecule has 1 unspecified atom stereocenters. The summed E-state index contributed by atoms with van der Waals surface area (Å²) in [5, 5.41) is 3.55. The highest BCUT2D eigenvalue weighted by Crippen LogP contribution is 2.29. The molecule has 4 rings (SSSR count). The lowest BCUT2D eigenvalue weighted by molar-refractivity contribution is -0.00000726. The van der Waals surface area contributed by atoms with E-state index in [-0.39, 0.29) is 24.1 Å². The van der Waals surface area contributed by atoms with Gasteiger partial charge in [-0.25, -0.2) is 4.79 Å². The molecule has 0 saturated heterocycles. The summed E-state index contributed by atoms with van der Waals surface area (Å²) in [4.78, 5) is 12.1. The maximum absolute atomic E-state index is 12.1. The highest BCUT2D eigenvalue weighted by atomic mass is 35.5. The predicted octanol–water partition coefficient (Wildman–Crippen LogP) is 1.32. The van der Waals surface area contributed by atoms with Gasteiger partial charge in [0.05, 0.1) is 18.1 Å². The molecule has 33 heavy (non-hydrogen) atoms. The molecular formula is C26H29ClN3O3-. The van der Waals surface area contributed by atoms with Crippen molar-refractivity contribution in [2.75, 3.05) is 7.11 Å². The van der Waals surface area contributed by atoms with Gasteiger partial charge in [-0.2, -0.15) is 0 Å². The Labute approximate surface area is 200 Å². The van der Waals surface area contributed by atoms with Crippen LogP contribution in [0.5, 0.6) is 11.5 Å². The van der Waals surface area contributed by atoms with E-state index in [4.69, 9.17) is 9.47 Å². The number of hydrogen-bond acceptors (Lipinski definition) is 4. The van der Waals surface area contributed by atoms with Crippen molar-refractivity contribution in [1.82, 2.24) is 14.5 Å². The molecule has 174 valence electrons. The molecule has 1 N–H and O–H groups in total. The lowest BCUT2D eigenvalue weighted by Gasteiger charge is -2.16. The SMILES string of the molecule is COc1cc(CNC(C)c2ccccc2)ccc1OCc1ccc2c(c1)n(C)c(=O)n2C.[Cl-]. The standard InChI is InChI=1S/C26H29N3O3.ClH/c1-18(21-8-6-5-7-9-21)27-16-19-11-13-24(25(15-19)31-4)32-17-20-10-12-22-23(14-20)29(3)26(30)28(22)2;/h5-15,18,27H,16-17H2,1-4H3;1H/p-1. The molecular weight excluding hydrogens is 438 g/mol. The van der Waals surface area contributed by atoms with E-state index in [0.29, 0.717) is 18.1 Å². The zero-order valence-corrected chi connectivity index (χ0v) is 20.1. The number of imidazole rings is 1. The third-order valence-corrected chi connectivity index (χ3v) is 5.87. The van der Waals surface area contributed by atoms with E-state index in [2.05, 4.69) is 36.5 Å². The van der Waals surface area contributed by atoms with Crippen molar-refractivity contribution in [3.8, 4) is 11.5 Å². The molecule has 0 saturated carbocycles. The fraction of sp³-hybridized carbons (Fsp3) is 0.269. The van der Waals surface area contributed by atoms with Crippen LogP contribution in [0.4, 0.5) is 0 Å². The summed E-state index contributed by atoms with van der Waals surface area (Å²) < 4.78 is 14.9. The van der Waals surface area contributed by atoms with E-state index in [1.54, 1.807) is 30.3 Å². The molecule has 0 aliphatic rings. The Bertz CT molecular complexity index is 1280. The predicted molar refractivity (Wildman–Crippen MR) is 127 cm³/mol. The topological polar surface area (TPSA) is 57.4 Å². The first kappa shape index (κ1) is 24.4. The van der Waals surface area contributed by atoms with Crippen molar-refractivity contribution < 1.29 is 21.9 Å². The first-order valence-electron chi connectivity index (χ1n) is 10.7. The van der Waals surface area contributed by atoms with Crippen LogP contribution in [0.15, 0.2) is 71.5 Å². The average Bonchev–Trinajstić information content (AvgIpc) is 3.05. The van der Waals surface area contributed by atoms with E-state index in [1.807, 2.05) is 42.5 Å². The molecule has 0 bridgehead atoms. The molecule has 1 atom stereocenters. The van der Waals surface area contributed by atoms with Crippen LogP contribution < -0.4 is 32.9 Å². The maximum atomic E-state index is 12.1. The molecule has 0 amide bonds. The molecule has 0 radical (unpaired) electrons. The molecule has 1 heterocycles. The monoisotopic (exact) mass is 466 g/mol. The van der Waals surface area contributed by atoms with E-state index in [1.165, 1.54) is 5.56 Å². The summed E-state index contributed by atoms with van der Waals surface area (Å²) in [6, 6.07) is 22.6. The number of halogens is 1. The Kier molecular flexibility index (Phi) is 7.84. The normalized spacial score (nSPS) is 11.8. The van der Waals surface area contributed by atoms with Crippen molar-refractivity contribution in [2.45, 2.75) is 26.1 Å². The number of nitrogens with zero attached hydrogens (tertiary/aromatic N) is 2. The first-order valence-corrected chi connectivity index (χ1v) is 10.7. The van der Waals surface area contributed by atoms with Crippen LogP contribution in [-0.2, 0) is 27.2 Å². The zero-order chi connectivity index (χ0) is 22.7. The van der Waals surface area contributed by atoms with E-state index in [9.17, 15) is 4.79 Å². The second-order valence-corrected chi connectivity index (χ2v) is 8.01. The van der Waals surface area contributed by atoms with E-state index in [0.717, 1.165) is 28.7 Å². The fourth-order valence-electron chi connectivity index (χ4n) is 3.87. The summed E-state index contributed by atoms with van der Waals surface area (Å²) in [5.74, 6) is 1.39. The van der Waals surface area contributed by atoms with Crippen LogP contribution in [0.1, 0.15) is 29.7 Å². The van der Waals surface area contributed by atoms with E-state index >= 15 is 0 Å². The highest BCUT2D eigenvalue weighted by molar-refractivity contribution is 5.76. The van der Waals surface area contributed by atoms with Crippen LogP contribution in [0.25, 0.3) is 11.0 Å². The Hall–Kier alpha value is -3.22. The second kappa shape index (κ2) is 10.6. The van der Waals surface area contributed by atoms with Gasteiger partial charge in [0.15, 0.2) is 11.5 Å². The largest absolute Gasteiger partial charge is 1.00 e. The summed E-state index contributed by atoms with van der Waals surface area (Å²) in [7, 11) is 5.21. The third kappa shape index (κ3) is 5.24. The molecule has 7 heteroatoms. The van der Waals surface area contributed by atoms with Crippen molar-refractivity contribution in [1.29, 1.82) is 0 Å². The van der Waals surface area contributed by atoms with Gasteiger partial charge in [0.1, 0.15) is 6.61 Å². The number of nitrogens with one attached hydrogen (secondary N) is 1. The number of methoxy groups -OCH3 is 1. The minimum atomic E-state index is -0.0366. The molecule has 0 fully saturated rings. The van der Waals surface area contributed by atoms with E-state index < -0.39 is 0 Å². The van der Waals surface area contributed by atoms with Gasteiger partial charge >= 0.3 is 5.69 Å². The fourth-order valence-corrected chi connectivity index (χ4v) is 3.87. The quantitative estimate of drug-likeness (QED) is 0.425. The Morgan fingerprint density at radius 3 is 2.30 bits per heavy atom. The van der Waals surface area contributed by atoms with Crippen molar-refractivity contribution >= 4 is 11.0 Å². The molecule has 4 aromatic rings. The second-order valence-electron chi connectivity index (χ2n) is 8.01. The molecule has 3 aromatic carbocycles. The summed E-state index contributed by atoms with van der Waals surface area (Å²) in [5.41, 5.74) is 5.12. The van der Waals surface area contributed by atoms with Gasteiger partial charge in [-0.15, -0.1) is 0 Å². The number of fused-ring (bicyclic) bond motifs is 1. The van der Waals surface area contributed by atoms with Gasteiger partial charge in [-0.1, -0.05) is 42.5 Å². The number of ether oxygens (including phenoxy) is 2. The van der Waals surface area contributed by atoms with Gasteiger partial charge < -0.3 is 27.2 Å². The highest BCUT2D eigenvalue weighted by Gasteiger charge is 2.11. The van der Waals surface area contributed by atoms with Crippen molar-refractivity contribution in [3.05, 3.63) is 93.9 Å². The van der Waals surface area contributed by atoms with Gasteiger partial charge in [-0.3, -0.25) is 9.13 Å². The number of aryl methyl sites for hydroxylation is 2. The van der Waals surface area contributed by atoms with Crippen LogP contribution in [0.2, 0.25) is 0 Å². The molecule has 0 aliphatic heterocycles. The average molecular weight is 467 g/mol. The van der Waals surface area contributed by atoms with Crippen molar-refractivity contribution in [3.63, 3.8) is 0 Å². The molecule has 0 aliphatic carbocycles. The summed E-state index contributed by atoms with van der Waals surface area (Å²) in [6.07, 6.45) is 0. The Balaban J connectivity index is 0.00000306. The van der Waals surface area contributed by atoms with Gasteiger partial charge in [0.25, 0.3) is 0 Å². The van der Waals surface area contributed by atoms with Crippen LogP contribution in [0, 0.1) is 0 Å². The minimum absolute atomic E-state index is 0. The van der Waals surface area contributed by atoms with Crippen molar-refractivity contribution in [2.24, 2.45) is 14.1 Å². The molecule has 6 nitrogen and oxygen atoms in total. The number of rotatable bonds is 8. The summed E-state index contributed by atoms with van der Waals surface area (Å²) in [6.45, 7) is 3.27. The van der Waals surface area contributed by atoms with Crippen LogP contribution in [-0.4, -0.2) is 16.2 Å². The van der Waals surface area contributed by atoms with Gasteiger partial charge in [0, 0.05) is 26.7 Å². The smallest absolute Gasteiger partial charge is 0.328 e. The lowest BCUT2D eigenvalue weighted by atomic mass is 10.1. The Morgan fingerprint density at radius 1 is 0.879 bits per heavy atom. The Morgan fingerprint density at radius 2 is 1.58 bits per heavy atom. The first-order chi connectivity index (χ1) is 15.5. The zero-order valence-electron chi connectivity index (χ0n) is 19.3. The van der Waals surface area contributed by atoms with Crippen LogP contribution in [0.3, 0.4) is 0 Å². The number of hydrogen-bond donors (Lipinski definition) is 1. The molecule has 1 aromatic heterocycles. The third-order valence-electron chi connectivity index (χ3n) is 5.87. The van der Waals surface area contributed by atoms with Gasteiger partial charge in [0.2, 0.25) is 0 Å². The minimum Gasteiger partial charge on any atom is -1.00 e. The molecule has 0 spiro atoms. The lowest BCUT2D eigenvalue weighted by Crippen LogP contribution is -3.00. The van der Waals surface area contributed by atoms with Crippen LogP contribution >= 0.6 is 0 Å². The number of aromatic nitrogens is 2. The van der Waals surface area contributed by atoms with Gasteiger partial charge in [-0.05, 0) is 47.9 Å². The number of benzene rings is 3. The maximum Gasteiger partial charge on any atom is 0.328 e. The summed E-state index contributed by atoms with van der Waals surface area (Å²) >= 11 is 0.